The number of benzene rings is 2. The number of nitrogens with zero attached hydrogens (tertiary/aromatic N) is 2. The van der Waals surface area contributed by atoms with Crippen LogP contribution in [0.25, 0.3) is 0 Å². The fourth-order valence-electron chi connectivity index (χ4n) is 2.63. The average molecular weight is 482 g/mol. The monoisotopic (exact) mass is 482 g/mol. The van der Waals surface area contributed by atoms with Gasteiger partial charge < -0.3 is 15.4 Å². The molecule has 1 atom stereocenters. The van der Waals surface area contributed by atoms with Crippen LogP contribution in [0.2, 0.25) is 0 Å². The van der Waals surface area contributed by atoms with E-state index in [1.165, 1.54) is 18.2 Å². The Kier molecular flexibility index (Phi) is 9.02. The van der Waals surface area contributed by atoms with Gasteiger partial charge in [0.15, 0.2) is 5.96 Å². The predicted octanol–water partition coefficient (Wildman–Crippen LogP) is 4.06. The lowest BCUT2D eigenvalue weighted by molar-refractivity contribution is 0.405. The molecule has 0 spiro atoms. The quantitative estimate of drug-likeness (QED) is 0.383. The van der Waals surface area contributed by atoms with Crippen molar-refractivity contribution in [1.82, 2.24) is 10.6 Å². The molecule has 0 heterocycles. The van der Waals surface area contributed by atoms with Crippen molar-refractivity contribution in [3.05, 3.63) is 64.5 Å². The van der Waals surface area contributed by atoms with Gasteiger partial charge in [0.25, 0.3) is 0 Å². The van der Waals surface area contributed by atoms with E-state index in [9.17, 15) is 4.39 Å². The number of guanidine groups is 1. The second-order valence-electron chi connectivity index (χ2n) is 5.96. The highest BCUT2D eigenvalue weighted by Gasteiger charge is 2.13. The van der Waals surface area contributed by atoms with Crippen molar-refractivity contribution >= 4 is 29.9 Å². The molecule has 0 aromatic heterocycles. The largest absolute Gasteiger partial charge is 0.496 e. The summed E-state index contributed by atoms with van der Waals surface area (Å²) >= 11 is 0. The van der Waals surface area contributed by atoms with Gasteiger partial charge in [-0.25, -0.2) is 4.39 Å². The Labute approximate surface area is 176 Å². The molecule has 2 rings (SSSR count). The van der Waals surface area contributed by atoms with Crippen molar-refractivity contribution in [1.29, 1.82) is 5.26 Å². The van der Waals surface area contributed by atoms with Crippen LogP contribution in [-0.4, -0.2) is 20.1 Å². The summed E-state index contributed by atoms with van der Waals surface area (Å²) in [5, 5.41) is 15.3. The Morgan fingerprint density at radius 2 is 2.04 bits per heavy atom. The van der Waals surface area contributed by atoms with Crippen LogP contribution in [0, 0.1) is 24.1 Å². The highest BCUT2D eigenvalue weighted by atomic mass is 127. The standard InChI is InChI=1S/C20H23FN4O.HI/c1-13-5-8-19(26-4)17(9-13)14(2)25-20(23-3)24-12-16-10-15(11-22)6-7-18(16)21;/h5-10,14H,12H2,1-4H3,(H2,23,24,25);1H. The Balaban J connectivity index is 0.00000364. The minimum atomic E-state index is -0.361. The molecule has 0 saturated heterocycles. The smallest absolute Gasteiger partial charge is 0.191 e. The average Bonchev–Trinajstić information content (AvgIpc) is 2.65. The summed E-state index contributed by atoms with van der Waals surface area (Å²) < 4.78 is 19.3. The molecule has 0 amide bonds. The van der Waals surface area contributed by atoms with Gasteiger partial charge >= 0.3 is 0 Å². The number of aliphatic imine (C=N–C) groups is 1. The lowest BCUT2D eigenvalue weighted by Gasteiger charge is -2.21. The number of hydrogen-bond acceptors (Lipinski definition) is 3. The summed E-state index contributed by atoms with van der Waals surface area (Å²) in [5.74, 6) is 0.960. The fourth-order valence-corrected chi connectivity index (χ4v) is 2.63. The van der Waals surface area contributed by atoms with Crippen molar-refractivity contribution in [2.75, 3.05) is 14.2 Å². The maximum absolute atomic E-state index is 13.9. The highest BCUT2D eigenvalue weighted by molar-refractivity contribution is 14.0. The first-order valence-electron chi connectivity index (χ1n) is 8.28. The second-order valence-corrected chi connectivity index (χ2v) is 5.96. The van der Waals surface area contributed by atoms with Crippen LogP contribution in [-0.2, 0) is 6.54 Å². The van der Waals surface area contributed by atoms with Gasteiger partial charge in [-0.2, -0.15) is 5.26 Å². The number of hydrogen-bond donors (Lipinski definition) is 2. The lowest BCUT2D eigenvalue weighted by atomic mass is 10.0. The van der Waals surface area contributed by atoms with E-state index in [2.05, 4.69) is 21.7 Å². The molecule has 2 aromatic rings. The Morgan fingerprint density at radius 1 is 1.30 bits per heavy atom. The van der Waals surface area contributed by atoms with Crippen LogP contribution in [0.4, 0.5) is 4.39 Å². The first-order valence-corrected chi connectivity index (χ1v) is 8.28. The molecule has 0 fully saturated rings. The number of rotatable bonds is 5. The molecule has 5 nitrogen and oxygen atoms in total. The summed E-state index contributed by atoms with van der Waals surface area (Å²) in [6, 6.07) is 12.2. The third-order valence-corrected chi connectivity index (χ3v) is 4.05. The SMILES string of the molecule is CN=C(NCc1cc(C#N)ccc1F)NC(C)c1cc(C)ccc1OC.I. The molecule has 0 aliphatic carbocycles. The normalized spacial score (nSPS) is 11.8. The van der Waals surface area contributed by atoms with Crippen LogP contribution in [0.15, 0.2) is 41.4 Å². The first kappa shape index (κ1) is 22.7. The molecule has 0 saturated carbocycles. The van der Waals surface area contributed by atoms with Gasteiger partial charge in [0.1, 0.15) is 11.6 Å². The van der Waals surface area contributed by atoms with E-state index in [-0.39, 0.29) is 42.4 Å². The molecule has 0 aliphatic rings. The van der Waals surface area contributed by atoms with E-state index in [0.29, 0.717) is 17.1 Å². The number of ether oxygens (including phenoxy) is 1. The zero-order valence-corrected chi connectivity index (χ0v) is 18.2. The van der Waals surface area contributed by atoms with Crippen LogP contribution < -0.4 is 15.4 Å². The number of halogens is 2. The first-order chi connectivity index (χ1) is 12.5. The summed E-state index contributed by atoms with van der Waals surface area (Å²) in [4.78, 5) is 4.18. The van der Waals surface area contributed by atoms with Gasteiger partial charge in [-0.15, -0.1) is 24.0 Å². The van der Waals surface area contributed by atoms with Crippen molar-refractivity contribution in [2.45, 2.75) is 26.4 Å². The predicted molar refractivity (Wildman–Crippen MR) is 116 cm³/mol. The molecule has 144 valence electrons. The molecule has 7 heteroatoms. The zero-order valence-electron chi connectivity index (χ0n) is 15.8. The lowest BCUT2D eigenvalue weighted by Crippen LogP contribution is -2.38. The van der Waals surface area contributed by atoms with Gasteiger partial charge in [-0.3, -0.25) is 4.99 Å². The van der Waals surface area contributed by atoms with Gasteiger partial charge in [0.2, 0.25) is 0 Å². The molecule has 1 unspecified atom stereocenters. The third-order valence-electron chi connectivity index (χ3n) is 4.05. The minimum absolute atomic E-state index is 0. The van der Waals surface area contributed by atoms with Crippen LogP contribution in [0.5, 0.6) is 5.75 Å². The van der Waals surface area contributed by atoms with E-state index in [1.54, 1.807) is 14.2 Å². The van der Waals surface area contributed by atoms with E-state index in [0.717, 1.165) is 16.9 Å². The summed E-state index contributed by atoms with van der Waals surface area (Å²) in [5.41, 5.74) is 2.97. The van der Waals surface area contributed by atoms with Crippen LogP contribution in [0.3, 0.4) is 0 Å². The van der Waals surface area contributed by atoms with E-state index >= 15 is 0 Å². The number of aryl methyl sites for hydroxylation is 1. The van der Waals surface area contributed by atoms with Crippen molar-refractivity contribution < 1.29 is 9.13 Å². The fraction of sp³-hybridized carbons (Fsp3) is 0.300. The maximum atomic E-state index is 13.9. The maximum Gasteiger partial charge on any atom is 0.191 e. The third kappa shape index (κ3) is 6.10. The van der Waals surface area contributed by atoms with Crippen LogP contribution >= 0.6 is 24.0 Å². The zero-order chi connectivity index (χ0) is 19.1. The molecular formula is C20H24FIN4O. The van der Waals surface area contributed by atoms with E-state index < -0.39 is 0 Å². The molecule has 27 heavy (non-hydrogen) atoms. The van der Waals surface area contributed by atoms with Crippen molar-refractivity contribution in [2.24, 2.45) is 4.99 Å². The Morgan fingerprint density at radius 3 is 2.67 bits per heavy atom. The Bertz CT molecular complexity index is 848. The number of nitrogens with one attached hydrogen (secondary N) is 2. The summed E-state index contributed by atoms with van der Waals surface area (Å²) in [6.07, 6.45) is 0. The topological polar surface area (TPSA) is 69.4 Å². The van der Waals surface area contributed by atoms with E-state index in [4.69, 9.17) is 10.00 Å². The molecule has 2 aromatic carbocycles. The van der Waals surface area contributed by atoms with Crippen LogP contribution in [0.1, 0.15) is 35.2 Å². The summed E-state index contributed by atoms with van der Waals surface area (Å²) in [7, 11) is 3.29. The van der Waals surface area contributed by atoms with Crippen molar-refractivity contribution in [3.8, 4) is 11.8 Å². The second kappa shape index (κ2) is 10.7. The van der Waals surface area contributed by atoms with Gasteiger partial charge in [0.05, 0.1) is 24.8 Å². The molecule has 2 N–H and O–H groups in total. The van der Waals surface area contributed by atoms with Gasteiger partial charge in [-0.1, -0.05) is 17.7 Å². The van der Waals surface area contributed by atoms with E-state index in [1.807, 2.05) is 32.0 Å². The van der Waals surface area contributed by atoms with Gasteiger partial charge in [0, 0.05) is 24.7 Å². The molecular weight excluding hydrogens is 458 g/mol. The molecule has 0 bridgehead atoms. The van der Waals surface area contributed by atoms with Gasteiger partial charge in [-0.05, 0) is 38.1 Å². The molecule has 0 radical (unpaired) electrons. The Hall–Kier alpha value is -2.34. The number of methoxy groups -OCH3 is 1. The minimum Gasteiger partial charge on any atom is -0.496 e. The summed E-state index contributed by atoms with van der Waals surface area (Å²) in [6.45, 7) is 4.24. The molecule has 0 aliphatic heterocycles. The van der Waals surface area contributed by atoms with Crippen molar-refractivity contribution in [3.63, 3.8) is 0 Å². The highest BCUT2D eigenvalue weighted by Crippen LogP contribution is 2.26. The number of nitriles is 1.